The third kappa shape index (κ3) is 38.6. The van der Waals surface area contributed by atoms with Crippen molar-refractivity contribution in [1.29, 1.82) is 0 Å². The topological polar surface area (TPSA) is 63.6 Å². The van der Waals surface area contributed by atoms with E-state index in [1.54, 1.807) is 0 Å². The summed E-state index contributed by atoms with van der Waals surface area (Å²) in [6.45, 7) is 4.40. The van der Waals surface area contributed by atoms with Gasteiger partial charge in [-0.2, -0.15) is 0 Å². The number of aliphatic carboxylic acids is 1. The van der Waals surface area contributed by atoms with Crippen LogP contribution in [0.2, 0.25) is 0 Å². The summed E-state index contributed by atoms with van der Waals surface area (Å²) in [6.07, 6.45) is 52.6. The Kier molecular flexibility index (Phi) is 38.1. The van der Waals surface area contributed by atoms with Gasteiger partial charge in [0.05, 0.1) is 0 Å². The van der Waals surface area contributed by atoms with Crippen LogP contribution >= 0.6 is 0 Å². The Labute approximate surface area is 299 Å². The monoisotopic (exact) mass is 673 g/mol. The molecule has 0 radical (unpaired) electrons. The number of ether oxygens (including phenoxy) is 1. The molecule has 0 aromatic carbocycles. The molecule has 0 amide bonds. The van der Waals surface area contributed by atoms with Crippen LogP contribution in [0.4, 0.5) is 0 Å². The molecule has 0 aliphatic heterocycles. The first-order valence-electron chi connectivity index (χ1n) is 21.0. The lowest BCUT2D eigenvalue weighted by atomic mass is 10.0. The van der Waals surface area contributed by atoms with Crippen molar-refractivity contribution in [3.8, 4) is 0 Å². The highest BCUT2D eigenvalue weighted by molar-refractivity contribution is 5.69. The highest BCUT2D eigenvalue weighted by Crippen LogP contribution is 2.17. The van der Waals surface area contributed by atoms with Gasteiger partial charge in [0, 0.05) is 12.8 Å². The van der Waals surface area contributed by atoms with E-state index in [1.807, 2.05) is 0 Å². The number of esters is 1. The van der Waals surface area contributed by atoms with Gasteiger partial charge >= 0.3 is 11.9 Å². The molecule has 0 fully saturated rings. The van der Waals surface area contributed by atoms with Gasteiger partial charge in [0.15, 0.2) is 0 Å². The van der Waals surface area contributed by atoms with Crippen LogP contribution in [0.1, 0.15) is 226 Å². The molecule has 0 rings (SSSR count). The van der Waals surface area contributed by atoms with Gasteiger partial charge in [-0.05, 0) is 89.9 Å². The average Bonchev–Trinajstić information content (AvgIpc) is 3.08. The molecule has 0 heterocycles. The van der Waals surface area contributed by atoms with Crippen LogP contribution in [0.5, 0.6) is 0 Å². The van der Waals surface area contributed by atoms with Gasteiger partial charge in [-0.3, -0.25) is 9.59 Å². The zero-order chi connectivity index (χ0) is 35.0. The van der Waals surface area contributed by atoms with E-state index in [1.165, 1.54) is 154 Å². The van der Waals surface area contributed by atoms with E-state index in [9.17, 15) is 9.59 Å². The molecule has 0 aromatic rings. The minimum atomic E-state index is -0.667. The molecule has 1 unspecified atom stereocenters. The van der Waals surface area contributed by atoms with E-state index < -0.39 is 5.97 Å². The molecule has 4 nitrogen and oxygen atoms in total. The molecule has 0 saturated heterocycles. The largest absolute Gasteiger partial charge is 0.481 e. The first kappa shape index (κ1) is 46.2. The second kappa shape index (κ2) is 39.6. The molecule has 4 heteroatoms. The quantitative estimate of drug-likeness (QED) is 0.0403. The Bertz CT molecular complexity index is 768. The van der Waals surface area contributed by atoms with E-state index in [-0.39, 0.29) is 12.1 Å². The zero-order valence-corrected chi connectivity index (χ0v) is 32.0. The summed E-state index contributed by atoms with van der Waals surface area (Å²) in [4.78, 5) is 22.8. The molecule has 280 valence electrons. The maximum atomic E-state index is 12.3. The normalized spacial score (nSPS) is 12.5. The number of rotatable bonds is 38. The molecule has 0 aromatic heterocycles. The first-order chi connectivity index (χ1) is 23.6. The summed E-state index contributed by atoms with van der Waals surface area (Å²) < 4.78 is 5.79. The summed E-state index contributed by atoms with van der Waals surface area (Å²) >= 11 is 0. The van der Waals surface area contributed by atoms with E-state index in [0.717, 1.165) is 44.9 Å². The number of carbonyl (C=O) groups excluding carboxylic acids is 1. The van der Waals surface area contributed by atoms with Crippen LogP contribution in [0, 0.1) is 0 Å². The van der Waals surface area contributed by atoms with Crippen molar-refractivity contribution in [2.45, 2.75) is 232 Å². The van der Waals surface area contributed by atoms with Crippen LogP contribution in [0.15, 0.2) is 36.5 Å². The van der Waals surface area contributed by atoms with Crippen molar-refractivity contribution in [2.75, 3.05) is 0 Å². The minimum Gasteiger partial charge on any atom is -0.481 e. The molecule has 0 aliphatic carbocycles. The molecular formula is C44H80O4. The van der Waals surface area contributed by atoms with Crippen LogP contribution in [-0.4, -0.2) is 23.1 Å². The molecule has 48 heavy (non-hydrogen) atoms. The van der Waals surface area contributed by atoms with E-state index in [2.05, 4.69) is 50.3 Å². The van der Waals surface area contributed by atoms with Gasteiger partial charge in [0.2, 0.25) is 0 Å². The molecule has 1 atom stereocenters. The predicted octanol–water partition coefficient (Wildman–Crippen LogP) is 14.6. The van der Waals surface area contributed by atoms with E-state index >= 15 is 0 Å². The standard InChI is InChI=1S/C44H80O4/c1-3-5-6-7-8-9-10-11-12-13-14-15-16-17-18-23-26-29-32-35-38-41-44(47)48-42(4-2)39-36-33-30-27-24-21-19-20-22-25-28-31-34-37-40-43(45)46/h8-9,11-12,17-18,42H,3-7,10,13-16,19-41H2,1-2H3,(H,45,46)/b9-8-,12-11-,18-17-. The summed E-state index contributed by atoms with van der Waals surface area (Å²) in [5, 5.41) is 8.66. The van der Waals surface area contributed by atoms with E-state index in [4.69, 9.17) is 9.84 Å². The highest BCUT2D eigenvalue weighted by Gasteiger charge is 2.12. The van der Waals surface area contributed by atoms with Gasteiger partial charge in [-0.1, -0.05) is 159 Å². The first-order valence-corrected chi connectivity index (χ1v) is 21.0. The molecule has 0 bridgehead atoms. The van der Waals surface area contributed by atoms with Crippen molar-refractivity contribution in [1.82, 2.24) is 0 Å². The van der Waals surface area contributed by atoms with E-state index in [0.29, 0.717) is 12.8 Å². The Balaban J connectivity index is 3.46. The fourth-order valence-corrected chi connectivity index (χ4v) is 6.20. The smallest absolute Gasteiger partial charge is 0.306 e. The Hall–Kier alpha value is -1.84. The highest BCUT2D eigenvalue weighted by atomic mass is 16.5. The number of carboxylic acids is 1. The fourth-order valence-electron chi connectivity index (χ4n) is 6.20. The van der Waals surface area contributed by atoms with Crippen molar-refractivity contribution < 1.29 is 19.4 Å². The lowest BCUT2D eigenvalue weighted by Gasteiger charge is -2.16. The van der Waals surface area contributed by atoms with Crippen molar-refractivity contribution in [2.24, 2.45) is 0 Å². The molecule has 1 N–H and O–H groups in total. The average molecular weight is 673 g/mol. The fraction of sp³-hybridized carbons (Fsp3) is 0.818. The Morgan fingerprint density at radius 3 is 1.31 bits per heavy atom. The number of hydrogen-bond acceptors (Lipinski definition) is 3. The molecule has 0 spiro atoms. The third-order valence-corrected chi connectivity index (χ3v) is 9.41. The summed E-state index contributed by atoms with van der Waals surface area (Å²) in [7, 11) is 0. The third-order valence-electron chi connectivity index (χ3n) is 9.41. The van der Waals surface area contributed by atoms with Crippen LogP contribution < -0.4 is 0 Å². The van der Waals surface area contributed by atoms with Crippen LogP contribution in [0.25, 0.3) is 0 Å². The van der Waals surface area contributed by atoms with Crippen molar-refractivity contribution in [3.05, 3.63) is 36.5 Å². The lowest BCUT2D eigenvalue weighted by Crippen LogP contribution is -2.17. The van der Waals surface area contributed by atoms with Gasteiger partial charge < -0.3 is 9.84 Å². The SMILES string of the molecule is CCCCC/C=C\C/C=C\CCCC/C=C\CCCCCCCC(=O)OC(CC)CCCCCCCCCCCCCCCCC(=O)O. The van der Waals surface area contributed by atoms with Gasteiger partial charge in [-0.15, -0.1) is 0 Å². The van der Waals surface area contributed by atoms with Crippen molar-refractivity contribution >= 4 is 11.9 Å². The summed E-state index contributed by atoms with van der Waals surface area (Å²) in [5.41, 5.74) is 0. The Morgan fingerprint density at radius 2 is 0.854 bits per heavy atom. The molecule has 0 saturated carbocycles. The second-order valence-electron chi connectivity index (χ2n) is 14.1. The van der Waals surface area contributed by atoms with Crippen LogP contribution in [-0.2, 0) is 14.3 Å². The lowest BCUT2D eigenvalue weighted by molar-refractivity contribution is -0.149. The molecule has 0 aliphatic rings. The second-order valence-corrected chi connectivity index (χ2v) is 14.1. The number of allylic oxidation sites excluding steroid dienone is 6. The Morgan fingerprint density at radius 1 is 0.479 bits per heavy atom. The number of unbranched alkanes of at least 4 members (excludes halogenated alkanes) is 24. The zero-order valence-electron chi connectivity index (χ0n) is 32.0. The number of carbonyl (C=O) groups is 2. The van der Waals surface area contributed by atoms with Gasteiger partial charge in [0.25, 0.3) is 0 Å². The minimum absolute atomic E-state index is 0.00750. The van der Waals surface area contributed by atoms with Crippen LogP contribution in [0.3, 0.4) is 0 Å². The maximum Gasteiger partial charge on any atom is 0.306 e. The molecular weight excluding hydrogens is 592 g/mol. The number of carboxylic acid groups (broad SMARTS) is 1. The summed E-state index contributed by atoms with van der Waals surface area (Å²) in [5.74, 6) is -0.660. The predicted molar refractivity (Wildman–Crippen MR) is 209 cm³/mol. The van der Waals surface area contributed by atoms with Gasteiger partial charge in [0.1, 0.15) is 6.10 Å². The number of hydrogen-bond donors (Lipinski definition) is 1. The van der Waals surface area contributed by atoms with Gasteiger partial charge in [-0.25, -0.2) is 0 Å². The summed E-state index contributed by atoms with van der Waals surface area (Å²) in [6, 6.07) is 0. The van der Waals surface area contributed by atoms with Crippen molar-refractivity contribution in [3.63, 3.8) is 0 Å². The maximum absolute atomic E-state index is 12.3.